The molecule has 5 heteroatoms. The van der Waals surface area contributed by atoms with Gasteiger partial charge in [0.15, 0.2) is 0 Å². The molecule has 1 aliphatic rings. The van der Waals surface area contributed by atoms with Crippen LogP contribution in [0.4, 0.5) is 4.79 Å². The number of hydrogen-bond acceptors (Lipinski definition) is 4. The average molecular weight is 375 g/mol. The van der Waals surface area contributed by atoms with E-state index in [0.29, 0.717) is 24.1 Å². The highest BCUT2D eigenvalue weighted by Gasteiger charge is 2.29. The maximum Gasteiger partial charge on any atom is 0.407 e. The zero-order valence-electron chi connectivity index (χ0n) is 16.1. The van der Waals surface area contributed by atoms with Crippen molar-refractivity contribution in [2.24, 2.45) is 0 Å². The molecule has 0 saturated heterocycles. The Morgan fingerprint density at radius 1 is 0.964 bits per heavy atom. The molecular formula is C23H21NO4. The molecule has 1 aliphatic carbocycles. The molecule has 0 bridgehead atoms. The molecule has 1 amide bonds. The maximum atomic E-state index is 12.3. The smallest absolute Gasteiger partial charge is 0.407 e. The minimum Gasteiger partial charge on any atom is -0.444 e. The molecule has 0 fully saturated rings. The number of carbonyl (C=O) groups excluding carboxylic acids is 3. The summed E-state index contributed by atoms with van der Waals surface area (Å²) in [7, 11) is 0. The van der Waals surface area contributed by atoms with Crippen LogP contribution in [0.1, 0.15) is 53.5 Å². The second-order valence-electron chi connectivity index (χ2n) is 7.44. The summed E-state index contributed by atoms with van der Waals surface area (Å²) >= 11 is 0. The van der Waals surface area contributed by atoms with Crippen LogP contribution in [-0.4, -0.2) is 29.8 Å². The van der Waals surface area contributed by atoms with Crippen LogP contribution in [0.5, 0.6) is 0 Å². The number of nitrogens with one attached hydrogen (secondary N) is 1. The van der Waals surface area contributed by atoms with E-state index in [2.05, 4.69) is 17.2 Å². The highest BCUT2D eigenvalue weighted by molar-refractivity contribution is 6.53. The largest absolute Gasteiger partial charge is 0.444 e. The lowest BCUT2D eigenvalue weighted by Crippen LogP contribution is -2.32. The number of hydrogen-bond donors (Lipinski definition) is 1. The van der Waals surface area contributed by atoms with Gasteiger partial charge in [-0.05, 0) is 50.1 Å². The highest BCUT2D eigenvalue weighted by atomic mass is 16.6. The van der Waals surface area contributed by atoms with Gasteiger partial charge in [-0.3, -0.25) is 9.59 Å². The van der Waals surface area contributed by atoms with E-state index in [1.165, 1.54) is 0 Å². The van der Waals surface area contributed by atoms with Gasteiger partial charge in [0.05, 0.1) is 0 Å². The first-order valence-electron chi connectivity index (χ1n) is 9.04. The van der Waals surface area contributed by atoms with Gasteiger partial charge in [-0.1, -0.05) is 36.1 Å². The van der Waals surface area contributed by atoms with Crippen molar-refractivity contribution in [3.8, 4) is 23.0 Å². The summed E-state index contributed by atoms with van der Waals surface area (Å²) in [4.78, 5) is 36.1. The fraction of sp³-hybridized carbons (Fsp3) is 0.261. The van der Waals surface area contributed by atoms with Crippen LogP contribution in [0.15, 0.2) is 42.5 Å². The minimum absolute atomic E-state index is 0.378. The molecule has 0 unspecified atom stereocenters. The molecule has 0 radical (unpaired) electrons. The first kappa shape index (κ1) is 19.4. The Balaban J connectivity index is 1.71. The lowest BCUT2D eigenvalue weighted by Gasteiger charge is -2.19. The third-order valence-corrected chi connectivity index (χ3v) is 4.08. The third kappa shape index (κ3) is 4.29. The van der Waals surface area contributed by atoms with E-state index in [1.54, 1.807) is 45.0 Å². The van der Waals surface area contributed by atoms with Crippen molar-refractivity contribution in [2.75, 3.05) is 6.54 Å². The van der Waals surface area contributed by atoms with E-state index in [9.17, 15) is 14.4 Å². The summed E-state index contributed by atoms with van der Waals surface area (Å²) < 4.78 is 5.16. The average Bonchev–Trinajstić information content (AvgIpc) is 2.64. The maximum absolute atomic E-state index is 12.3. The van der Waals surface area contributed by atoms with Crippen LogP contribution < -0.4 is 5.32 Å². The van der Waals surface area contributed by atoms with Crippen LogP contribution >= 0.6 is 0 Å². The number of Topliss-reactive ketones (excluding diaryl/α,β-unsaturated/α-hetero) is 2. The molecular weight excluding hydrogens is 354 g/mol. The summed E-state index contributed by atoms with van der Waals surface area (Å²) in [6.45, 7) is 5.79. The summed E-state index contributed by atoms with van der Waals surface area (Å²) in [6.07, 6.45) is -0.00694. The second kappa shape index (κ2) is 7.69. The molecule has 2 aromatic carbocycles. The zero-order chi connectivity index (χ0) is 20.3. The van der Waals surface area contributed by atoms with E-state index in [1.807, 2.05) is 18.2 Å². The molecule has 28 heavy (non-hydrogen) atoms. The number of amides is 1. The molecule has 0 saturated carbocycles. The van der Waals surface area contributed by atoms with Crippen molar-refractivity contribution >= 4 is 17.7 Å². The Bertz CT molecular complexity index is 1020. The first-order valence-corrected chi connectivity index (χ1v) is 9.04. The summed E-state index contributed by atoms with van der Waals surface area (Å²) in [6, 6.07) is 12.3. The summed E-state index contributed by atoms with van der Waals surface area (Å²) in [5.41, 5.74) is 2.50. The summed E-state index contributed by atoms with van der Waals surface area (Å²) in [5.74, 6) is 5.07. The molecule has 0 aromatic heterocycles. The molecule has 2 aromatic rings. The number of fused-ring (bicyclic) bond motifs is 3. The predicted molar refractivity (Wildman–Crippen MR) is 106 cm³/mol. The standard InChI is InChI=1S/C23H21NO4/c1-23(2,3)28-22(27)24-13-7-6-8-15-11-12-18-19(14-15)16-9-4-5-10-17(16)20(25)21(18)26/h4-5,9-12,14H,7,13H2,1-3H3,(H,24,27). The van der Waals surface area contributed by atoms with Crippen molar-refractivity contribution in [1.29, 1.82) is 0 Å². The van der Waals surface area contributed by atoms with Gasteiger partial charge >= 0.3 is 6.09 Å². The van der Waals surface area contributed by atoms with Gasteiger partial charge in [0, 0.05) is 29.7 Å². The highest BCUT2D eigenvalue weighted by Crippen LogP contribution is 2.33. The fourth-order valence-corrected chi connectivity index (χ4v) is 2.91. The predicted octanol–water partition coefficient (Wildman–Crippen LogP) is 4.00. The lowest BCUT2D eigenvalue weighted by molar-refractivity contribution is 0.0529. The Hall–Kier alpha value is -3.39. The number of carbonyl (C=O) groups is 3. The van der Waals surface area contributed by atoms with E-state index in [0.717, 1.165) is 16.7 Å². The normalized spacial score (nSPS) is 12.4. The zero-order valence-corrected chi connectivity index (χ0v) is 16.1. The quantitative estimate of drug-likeness (QED) is 0.489. The lowest BCUT2D eigenvalue weighted by atomic mass is 9.83. The minimum atomic E-state index is -0.534. The van der Waals surface area contributed by atoms with Crippen molar-refractivity contribution in [3.05, 3.63) is 59.2 Å². The molecule has 5 nitrogen and oxygen atoms in total. The third-order valence-electron chi connectivity index (χ3n) is 4.08. The molecule has 0 heterocycles. The van der Waals surface area contributed by atoms with Crippen LogP contribution in [0.25, 0.3) is 11.1 Å². The van der Waals surface area contributed by atoms with E-state index >= 15 is 0 Å². The van der Waals surface area contributed by atoms with Gasteiger partial charge in [-0.2, -0.15) is 0 Å². The van der Waals surface area contributed by atoms with Gasteiger partial charge in [0.1, 0.15) is 5.60 Å². The van der Waals surface area contributed by atoms with Gasteiger partial charge in [-0.25, -0.2) is 4.79 Å². The number of ether oxygens (including phenoxy) is 1. The number of benzene rings is 2. The number of rotatable bonds is 2. The molecule has 142 valence electrons. The second-order valence-corrected chi connectivity index (χ2v) is 7.44. The topological polar surface area (TPSA) is 72.5 Å². The number of ketones is 2. The molecule has 0 atom stereocenters. The molecule has 1 N–H and O–H groups in total. The SMILES string of the molecule is CC(C)(C)OC(=O)NCCC#Cc1ccc2c(c1)-c1ccccc1C(=O)C2=O. The van der Waals surface area contributed by atoms with Gasteiger partial charge < -0.3 is 10.1 Å². The Morgan fingerprint density at radius 3 is 2.29 bits per heavy atom. The van der Waals surface area contributed by atoms with E-state index in [4.69, 9.17) is 4.74 Å². The monoisotopic (exact) mass is 375 g/mol. The molecule has 3 rings (SSSR count). The fourth-order valence-electron chi connectivity index (χ4n) is 2.91. The Morgan fingerprint density at radius 2 is 1.61 bits per heavy atom. The van der Waals surface area contributed by atoms with E-state index in [-0.39, 0.29) is 0 Å². The Kier molecular flexibility index (Phi) is 5.32. The van der Waals surface area contributed by atoms with Crippen molar-refractivity contribution in [1.82, 2.24) is 5.32 Å². The van der Waals surface area contributed by atoms with Crippen LogP contribution in [-0.2, 0) is 4.74 Å². The summed E-state index contributed by atoms with van der Waals surface area (Å²) in [5, 5.41) is 2.65. The van der Waals surface area contributed by atoms with Crippen molar-refractivity contribution in [3.63, 3.8) is 0 Å². The van der Waals surface area contributed by atoms with Crippen LogP contribution in [0.2, 0.25) is 0 Å². The Labute approximate surface area is 164 Å². The first-order chi connectivity index (χ1) is 13.3. The molecule has 0 aliphatic heterocycles. The molecule has 0 spiro atoms. The van der Waals surface area contributed by atoms with Gasteiger partial charge in [0.2, 0.25) is 11.6 Å². The van der Waals surface area contributed by atoms with E-state index < -0.39 is 23.3 Å². The van der Waals surface area contributed by atoms with Crippen molar-refractivity contribution in [2.45, 2.75) is 32.8 Å². The van der Waals surface area contributed by atoms with Crippen LogP contribution in [0.3, 0.4) is 0 Å². The number of alkyl carbamates (subject to hydrolysis) is 1. The van der Waals surface area contributed by atoms with Crippen LogP contribution in [0, 0.1) is 11.8 Å². The van der Waals surface area contributed by atoms with Crippen molar-refractivity contribution < 1.29 is 19.1 Å². The van der Waals surface area contributed by atoms with Gasteiger partial charge in [0.25, 0.3) is 0 Å². The van der Waals surface area contributed by atoms with Gasteiger partial charge in [-0.15, -0.1) is 0 Å².